The molecule has 0 aliphatic heterocycles. The van der Waals surface area contributed by atoms with Crippen LogP contribution < -0.4 is 5.63 Å². The smallest absolute Gasteiger partial charge is 0.347 e. The molecule has 3 rings (SSSR count). The van der Waals surface area contributed by atoms with E-state index in [1.54, 1.807) is 24.3 Å². The van der Waals surface area contributed by atoms with Crippen LogP contribution in [0.5, 0.6) is 0 Å². The first-order chi connectivity index (χ1) is 11.9. The highest BCUT2D eigenvalue weighted by Crippen LogP contribution is 2.19. The molecular weight excluding hydrogens is 346 g/mol. The van der Waals surface area contributed by atoms with E-state index < -0.39 is 16.3 Å². The van der Waals surface area contributed by atoms with E-state index in [1.807, 2.05) is 0 Å². The van der Waals surface area contributed by atoms with E-state index in [4.69, 9.17) is 16.0 Å². The van der Waals surface area contributed by atoms with Gasteiger partial charge in [0, 0.05) is 22.5 Å². The van der Waals surface area contributed by atoms with Gasteiger partial charge in [-0.15, -0.1) is 0 Å². The maximum atomic E-state index is 12.3. The summed E-state index contributed by atoms with van der Waals surface area (Å²) >= 11 is 5.90. The first-order valence-corrected chi connectivity index (χ1v) is 7.52. The molecule has 0 aliphatic rings. The number of fused-ring (bicyclic) bond motifs is 1. The molecule has 6 nitrogen and oxygen atoms in total. The number of hydrogen-bond acceptors (Lipinski definition) is 5. The number of allylic oxidation sites excluding steroid dienone is 1. The van der Waals surface area contributed by atoms with Gasteiger partial charge in [0.2, 0.25) is 0 Å². The molecule has 0 spiro atoms. The number of nitrogens with zero attached hydrogens (tertiary/aromatic N) is 1. The van der Waals surface area contributed by atoms with Crippen LogP contribution in [0.1, 0.15) is 15.9 Å². The molecule has 2 aromatic carbocycles. The Morgan fingerprint density at radius 3 is 2.72 bits per heavy atom. The number of nitro benzene ring substituents is 1. The van der Waals surface area contributed by atoms with Crippen molar-refractivity contribution in [2.24, 2.45) is 0 Å². The van der Waals surface area contributed by atoms with Crippen molar-refractivity contribution in [1.82, 2.24) is 0 Å². The van der Waals surface area contributed by atoms with Crippen LogP contribution in [-0.2, 0) is 0 Å². The zero-order valence-electron chi connectivity index (χ0n) is 12.6. The van der Waals surface area contributed by atoms with Crippen LogP contribution in [0.25, 0.3) is 17.0 Å². The van der Waals surface area contributed by atoms with Crippen molar-refractivity contribution < 1.29 is 14.1 Å². The fourth-order valence-electron chi connectivity index (χ4n) is 2.27. The summed E-state index contributed by atoms with van der Waals surface area (Å²) in [6.45, 7) is 0. The molecule has 1 heterocycles. The summed E-state index contributed by atoms with van der Waals surface area (Å²) in [5.74, 6) is -0.567. The Bertz CT molecular complexity index is 1080. The van der Waals surface area contributed by atoms with Crippen LogP contribution in [0.4, 0.5) is 5.69 Å². The van der Waals surface area contributed by atoms with Gasteiger partial charge in [0.05, 0.1) is 4.92 Å². The van der Waals surface area contributed by atoms with Gasteiger partial charge in [0.1, 0.15) is 11.1 Å². The lowest BCUT2D eigenvalue weighted by atomic mass is 10.1. The second-order valence-electron chi connectivity index (χ2n) is 5.18. The molecule has 0 bridgehead atoms. The van der Waals surface area contributed by atoms with Crippen LogP contribution in [0, 0.1) is 10.1 Å². The number of hydrogen-bond donors (Lipinski definition) is 0. The number of rotatable bonds is 4. The van der Waals surface area contributed by atoms with E-state index >= 15 is 0 Å². The minimum Gasteiger partial charge on any atom is -0.422 e. The number of benzene rings is 2. The summed E-state index contributed by atoms with van der Waals surface area (Å²) in [7, 11) is 0. The molecule has 1 aromatic heterocycles. The SMILES string of the molecule is O=C(C=Cc1cccc([N+](=O)[O-])c1)c1cc2cc(Cl)ccc2oc1=O. The van der Waals surface area contributed by atoms with Crippen molar-refractivity contribution in [2.75, 3.05) is 0 Å². The maximum Gasteiger partial charge on any atom is 0.347 e. The molecule has 0 radical (unpaired) electrons. The Morgan fingerprint density at radius 1 is 1.16 bits per heavy atom. The summed E-state index contributed by atoms with van der Waals surface area (Å²) in [5, 5.41) is 11.7. The Hall–Kier alpha value is -3.25. The largest absolute Gasteiger partial charge is 0.422 e. The molecule has 0 amide bonds. The summed E-state index contributed by atoms with van der Waals surface area (Å²) in [4.78, 5) is 34.5. The summed E-state index contributed by atoms with van der Waals surface area (Å²) in [5.41, 5.74) is -0.196. The molecular formula is C18H10ClNO5. The van der Waals surface area contributed by atoms with Crippen molar-refractivity contribution in [3.8, 4) is 0 Å². The molecule has 0 N–H and O–H groups in total. The lowest BCUT2D eigenvalue weighted by molar-refractivity contribution is -0.384. The second kappa shape index (κ2) is 6.70. The Balaban J connectivity index is 1.94. The van der Waals surface area contributed by atoms with Crippen molar-refractivity contribution in [3.05, 3.63) is 91.3 Å². The zero-order chi connectivity index (χ0) is 18.0. The van der Waals surface area contributed by atoms with Crippen LogP contribution in [0.2, 0.25) is 5.02 Å². The third-order valence-corrected chi connectivity index (χ3v) is 3.70. The van der Waals surface area contributed by atoms with Gasteiger partial charge in [-0.3, -0.25) is 14.9 Å². The molecule has 0 saturated heterocycles. The van der Waals surface area contributed by atoms with E-state index in [2.05, 4.69) is 0 Å². The molecule has 0 aliphatic carbocycles. The number of nitro groups is 1. The lowest BCUT2D eigenvalue weighted by Gasteiger charge is -2.00. The fourth-order valence-corrected chi connectivity index (χ4v) is 2.45. The summed E-state index contributed by atoms with van der Waals surface area (Å²) in [6, 6.07) is 11.9. The summed E-state index contributed by atoms with van der Waals surface area (Å²) < 4.78 is 5.11. The Labute approximate surface area is 146 Å². The van der Waals surface area contributed by atoms with E-state index in [0.717, 1.165) is 0 Å². The second-order valence-corrected chi connectivity index (χ2v) is 5.62. The number of carbonyl (C=O) groups is 1. The molecule has 124 valence electrons. The normalized spacial score (nSPS) is 11.1. The van der Waals surface area contributed by atoms with Gasteiger partial charge in [-0.1, -0.05) is 29.8 Å². The fraction of sp³-hybridized carbons (Fsp3) is 0. The molecule has 0 atom stereocenters. The molecule has 25 heavy (non-hydrogen) atoms. The molecule has 0 unspecified atom stereocenters. The van der Waals surface area contributed by atoms with Crippen LogP contribution in [-0.4, -0.2) is 10.7 Å². The van der Waals surface area contributed by atoms with Crippen molar-refractivity contribution >= 4 is 40.1 Å². The first-order valence-electron chi connectivity index (χ1n) is 7.14. The van der Waals surface area contributed by atoms with E-state index in [-0.39, 0.29) is 11.3 Å². The third kappa shape index (κ3) is 3.64. The van der Waals surface area contributed by atoms with Crippen molar-refractivity contribution in [3.63, 3.8) is 0 Å². The van der Waals surface area contributed by atoms with Crippen molar-refractivity contribution in [2.45, 2.75) is 0 Å². The highest BCUT2D eigenvalue weighted by Gasteiger charge is 2.12. The highest BCUT2D eigenvalue weighted by molar-refractivity contribution is 6.31. The van der Waals surface area contributed by atoms with Gasteiger partial charge in [0.25, 0.3) is 5.69 Å². The van der Waals surface area contributed by atoms with E-state index in [1.165, 1.54) is 36.4 Å². The number of halogens is 1. The van der Waals surface area contributed by atoms with Gasteiger partial charge in [-0.2, -0.15) is 0 Å². The number of carbonyl (C=O) groups excluding carboxylic acids is 1. The average Bonchev–Trinajstić information content (AvgIpc) is 2.59. The van der Waals surface area contributed by atoms with Crippen LogP contribution in [0.3, 0.4) is 0 Å². The Morgan fingerprint density at radius 2 is 1.96 bits per heavy atom. The zero-order valence-corrected chi connectivity index (χ0v) is 13.4. The average molecular weight is 356 g/mol. The van der Waals surface area contributed by atoms with Gasteiger partial charge in [-0.25, -0.2) is 4.79 Å². The summed E-state index contributed by atoms with van der Waals surface area (Å²) in [6.07, 6.45) is 2.57. The minimum absolute atomic E-state index is 0.0885. The number of ketones is 1. The highest BCUT2D eigenvalue weighted by atomic mass is 35.5. The van der Waals surface area contributed by atoms with Crippen molar-refractivity contribution in [1.29, 1.82) is 0 Å². The minimum atomic E-state index is -0.761. The maximum absolute atomic E-state index is 12.3. The quantitative estimate of drug-likeness (QED) is 0.229. The number of non-ortho nitro benzene ring substituents is 1. The molecule has 7 heteroatoms. The predicted molar refractivity (Wildman–Crippen MR) is 94.0 cm³/mol. The van der Waals surface area contributed by atoms with E-state index in [9.17, 15) is 19.7 Å². The van der Waals surface area contributed by atoms with E-state index in [0.29, 0.717) is 21.6 Å². The molecule has 0 saturated carbocycles. The lowest BCUT2D eigenvalue weighted by Crippen LogP contribution is -2.11. The first kappa shape index (κ1) is 16.6. The molecule has 0 fully saturated rings. The third-order valence-electron chi connectivity index (χ3n) is 3.47. The van der Waals surface area contributed by atoms with Gasteiger partial charge >= 0.3 is 5.63 Å². The monoisotopic (exact) mass is 355 g/mol. The van der Waals surface area contributed by atoms with Gasteiger partial charge < -0.3 is 4.42 Å². The topological polar surface area (TPSA) is 90.4 Å². The predicted octanol–water partition coefficient (Wildman–Crippen LogP) is 4.25. The molecule has 3 aromatic rings. The standard InChI is InChI=1S/C18H10ClNO5/c19-13-5-7-17-12(9-13)10-15(18(22)25-17)16(21)6-4-11-2-1-3-14(8-11)20(23)24/h1-10H. The van der Waals surface area contributed by atoms with Crippen LogP contribution >= 0.6 is 11.6 Å². The Kier molecular flexibility index (Phi) is 4.45. The van der Waals surface area contributed by atoms with Crippen LogP contribution in [0.15, 0.2) is 63.8 Å². The van der Waals surface area contributed by atoms with Gasteiger partial charge in [0.15, 0.2) is 5.78 Å². The van der Waals surface area contributed by atoms with Gasteiger partial charge in [-0.05, 0) is 35.9 Å².